The molecule has 0 saturated carbocycles. The zero-order chi connectivity index (χ0) is 13.3. The van der Waals surface area contributed by atoms with Crippen molar-refractivity contribution in [2.24, 2.45) is 0 Å². The second-order valence-electron chi connectivity index (χ2n) is 5.23. The number of anilines is 1. The van der Waals surface area contributed by atoms with Crippen molar-refractivity contribution >= 4 is 21.6 Å². The van der Waals surface area contributed by atoms with Crippen molar-refractivity contribution < 1.29 is 5.11 Å². The van der Waals surface area contributed by atoms with Crippen molar-refractivity contribution in [3.63, 3.8) is 0 Å². The first kappa shape index (κ1) is 13.8. The standard InChI is InChI=1S/C14H21BrN2O/c1-10(18)13-5-4-11(15)8-14(13)17-7-6-12(9-17)16(2)3/h4-5,8,10,12,18H,6-7,9H2,1-3H3. The van der Waals surface area contributed by atoms with Crippen LogP contribution in [0.25, 0.3) is 0 Å². The molecule has 1 fully saturated rings. The van der Waals surface area contributed by atoms with Crippen LogP contribution >= 0.6 is 15.9 Å². The van der Waals surface area contributed by atoms with Crippen molar-refractivity contribution in [1.82, 2.24) is 4.90 Å². The molecule has 1 aliphatic heterocycles. The van der Waals surface area contributed by atoms with Gasteiger partial charge in [-0.3, -0.25) is 0 Å². The molecule has 2 rings (SSSR count). The van der Waals surface area contributed by atoms with E-state index in [4.69, 9.17) is 0 Å². The van der Waals surface area contributed by atoms with Gasteiger partial charge in [-0.15, -0.1) is 0 Å². The Morgan fingerprint density at radius 1 is 1.44 bits per heavy atom. The van der Waals surface area contributed by atoms with E-state index in [2.05, 4.69) is 45.9 Å². The van der Waals surface area contributed by atoms with Gasteiger partial charge in [-0.2, -0.15) is 0 Å². The Labute approximate surface area is 118 Å². The first-order valence-electron chi connectivity index (χ1n) is 6.38. The van der Waals surface area contributed by atoms with Crippen molar-refractivity contribution in [2.75, 3.05) is 32.1 Å². The van der Waals surface area contributed by atoms with E-state index in [1.807, 2.05) is 19.1 Å². The zero-order valence-electron chi connectivity index (χ0n) is 11.2. The smallest absolute Gasteiger partial charge is 0.0782 e. The van der Waals surface area contributed by atoms with Crippen LogP contribution in [0.4, 0.5) is 5.69 Å². The first-order valence-corrected chi connectivity index (χ1v) is 7.17. The summed E-state index contributed by atoms with van der Waals surface area (Å²) in [5.74, 6) is 0. The molecule has 1 N–H and O–H groups in total. The maximum absolute atomic E-state index is 9.88. The molecule has 3 nitrogen and oxygen atoms in total. The maximum atomic E-state index is 9.88. The second-order valence-corrected chi connectivity index (χ2v) is 6.15. The van der Waals surface area contributed by atoms with Crippen LogP contribution < -0.4 is 4.90 Å². The fraction of sp³-hybridized carbons (Fsp3) is 0.571. The molecule has 1 saturated heterocycles. The lowest BCUT2D eigenvalue weighted by atomic mass is 10.1. The van der Waals surface area contributed by atoms with Crippen molar-refractivity contribution in [3.05, 3.63) is 28.2 Å². The highest BCUT2D eigenvalue weighted by molar-refractivity contribution is 9.10. The monoisotopic (exact) mass is 312 g/mol. The minimum atomic E-state index is -0.425. The van der Waals surface area contributed by atoms with Gasteiger partial charge >= 0.3 is 0 Å². The van der Waals surface area contributed by atoms with Gasteiger partial charge in [0.05, 0.1) is 6.10 Å². The molecule has 4 heteroatoms. The molecular weight excluding hydrogens is 292 g/mol. The third kappa shape index (κ3) is 2.87. The molecule has 0 bridgehead atoms. The Bertz CT molecular complexity index is 420. The molecular formula is C14H21BrN2O. The average Bonchev–Trinajstić information content (AvgIpc) is 2.77. The summed E-state index contributed by atoms with van der Waals surface area (Å²) in [6, 6.07) is 6.71. The number of hydrogen-bond acceptors (Lipinski definition) is 3. The van der Waals surface area contributed by atoms with Gasteiger partial charge in [0.15, 0.2) is 0 Å². The van der Waals surface area contributed by atoms with E-state index < -0.39 is 6.10 Å². The Morgan fingerprint density at radius 2 is 2.17 bits per heavy atom. The maximum Gasteiger partial charge on any atom is 0.0782 e. The Morgan fingerprint density at radius 3 is 2.72 bits per heavy atom. The summed E-state index contributed by atoms with van der Waals surface area (Å²) in [4.78, 5) is 4.65. The number of halogens is 1. The van der Waals surface area contributed by atoms with Crippen LogP contribution in [-0.2, 0) is 0 Å². The molecule has 0 spiro atoms. The molecule has 1 heterocycles. The van der Waals surface area contributed by atoms with E-state index in [1.54, 1.807) is 0 Å². The third-order valence-corrected chi connectivity index (χ3v) is 4.17. The lowest BCUT2D eigenvalue weighted by Crippen LogP contribution is -2.31. The summed E-state index contributed by atoms with van der Waals surface area (Å²) in [6.07, 6.45) is 0.755. The lowest BCUT2D eigenvalue weighted by Gasteiger charge is -2.25. The fourth-order valence-electron chi connectivity index (χ4n) is 2.53. The molecule has 1 aromatic carbocycles. The summed E-state index contributed by atoms with van der Waals surface area (Å²) in [5, 5.41) is 9.88. The molecule has 18 heavy (non-hydrogen) atoms. The van der Waals surface area contributed by atoms with E-state index in [0.717, 1.165) is 28.8 Å². The van der Waals surface area contributed by atoms with E-state index in [1.165, 1.54) is 6.42 Å². The first-order chi connectivity index (χ1) is 8.49. The topological polar surface area (TPSA) is 26.7 Å². The van der Waals surface area contributed by atoms with Gasteiger partial charge < -0.3 is 14.9 Å². The summed E-state index contributed by atoms with van der Waals surface area (Å²) >= 11 is 3.52. The van der Waals surface area contributed by atoms with Crippen LogP contribution in [0.15, 0.2) is 22.7 Å². The summed E-state index contributed by atoms with van der Waals surface area (Å²) < 4.78 is 1.07. The predicted molar refractivity (Wildman–Crippen MR) is 79.1 cm³/mol. The molecule has 1 aromatic rings. The molecule has 2 atom stereocenters. The molecule has 0 aromatic heterocycles. The van der Waals surface area contributed by atoms with Crippen LogP contribution in [0.2, 0.25) is 0 Å². The van der Waals surface area contributed by atoms with Gasteiger partial charge in [-0.1, -0.05) is 22.0 Å². The van der Waals surface area contributed by atoms with E-state index in [-0.39, 0.29) is 0 Å². The third-order valence-electron chi connectivity index (χ3n) is 3.68. The molecule has 0 radical (unpaired) electrons. The number of rotatable bonds is 3. The average molecular weight is 313 g/mol. The highest BCUT2D eigenvalue weighted by Gasteiger charge is 2.26. The predicted octanol–water partition coefficient (Wildman–Crippen LogP) is 2.64. The Kier molecular flexibility index (Phi) is 4.30. The lowest BCUT2D eigenvalue weighted by molar-refractivity contribution is 0.199. The van der Waals surface area contributed by atoms with Gasteiger partial charge in [0.2, 0.25) is 0 Å². The van der Waals surface area contributed by atoms with Crippen LogP contribution in [0, 0.1) is 0 Å². The number of nitrogens with zero attached hydrogens (tertiary/aromatic N) is 2. The van der Waals surface area contributed by atoms with Gasteiger partial charge in [-0.25, -0.2) is 0 Å². The Hall–Kier alpha value is -0.580. The number of hydrogen-bond donors (Lipinski definition) is 1. The largest absolute Gasteiger partial charge is 0.389 e. The number of aliphatic hydroxyl groups is 1. The number of benzene rings is 1. The Balaban J connectivity index is 2.25. The summed E-state index contributed by atoms with van der Waals surface area (Å²) in [6.45, 7) is 3.91. The minimum Gasteiger partial charge on any atom is -0.389 e. The minimum absolute atomic E-state index is 0.425. The van der Waals surface area contributed by atoms with Crippen LogP contribution in [0.3, 0.4) is 0 Å². The second kappa shape index (κ2) is 5.59. The van der Waals surface area contributed by atoms with Crippen LogP contribution in [-0.4, -0.2) is 43.2 Å². The highest BCUT2D eigenvalue weighted by atomic mass is 79.9. The van der Waals surface area contributed by atoms with Gasteiger partial charge in [0.1, 0.15) is 0 Å². The van der Waals surface area contributed by atoms with E-state index in [0.29, 0.717) is 6.04 Å². The quantitative estimate of drug-likeness (QED) is 0.929. The van der Waals surface area contributed by atoms with Crippen molar-refractivity contribution in [1.29, 1.82) is 0 Å². The zero-order valence-corrected chi connectivity index (χ0v) is 12.8. The summed E-state index contributed by atoms with van der Waals surface area (Å²) in [7, 11) is 4.26. The normalized spacial score (nSPS) is 21.7. The summed E-state index contributed by atoms with van der Waals surface area (Å²) in [5.41, 5.74) is 2.17. The SMILES string of the molecule is CC(O)c1ccc(Br)cc1N1CCC(N(C)C)C1. The van der Waals surface area contributed by atoms with Crippen LogP contribution in [0.5, 0.6) is 0 Å². The van der Waals surface area contributed by atoms with Gasteiger partial charge in [0.25, 0.3) is 0 Å². The van der Waals surface area contributed by atoms with E-state index >= 15 is 0 Å². The fourth-order valence-corrected chi connectivity index (χ4v) is 2.88. The molecule has 1 aliphatic rings. The highest BCUT2D eigenvalue weighted by Crippen LogP contribution is 2.32. The molecule has 100 valence electrons. The van der Waals surface area contributed by atoms with Gasteiger partial charge in [0, 0.05) is 34.9 Å². The van der Waals surface area contributed by atoms with E-state index in [9.17, 15) is 5.11 Å². The van der Waals surface area contributed by atoms with Crippen LogP contribution in [0.1, 0.15) is 25.0 Å². The molecule has 0 amide bonds. The van der Waals surface area contributed by atoms with Crippen molar-refractivity contribution in [2.45, 2.75) is 25.5 Å². The number of likely N-dealkylation sites (N-methyl/N-ethyl adjacent to an activating group) is 1. The van der Waals surface area contributed by atoms with Crippen molar-refractivity contribution in [3.8, 4) is 0 Å². The molecule has 0 aliphatic carbocycles. The number of aliphatic hydroxyl groups excluding tert-OH is 1. The van der Waals surface area contributed by atoms with Gasteiger partial charge in [-0.05, 0) is 39.6 Å². The molecule has 2 unspecified atom stereocenters.